The van der Waals surface area contributed by atoms with Gasteiger partial charge in [-0.3, -0.25) is 4.98 Å². The van der Waals surface area contributed by atoms with Gasteiger partial charge in [0.2, 0.25) is 5.76 Å². The van der Waals surface area contributed by atoms with Crippen molar-refractivity contribution in [1.29, 1.82) is 0 Å². The highest BCUT2D eigenvalue weighted by atomic mass is 79.9. The maximum absolute atomic E-state index is 11.3. The number of ether oxygens (including phenoxy) is 1. The van der Waals surface area contributed by atoms with Crippen molar-refractivity contribution in [3.63, 3.8) is 0 Å². The van der Waals surface area contributed by atoms with Crippen LogP contribution in [0.3, 0.4) is 0 Å². The first-order valence-electron chi connectivity index (χ1n) is 4.05. The number of pyridine rings is 1. The number of aromatic nitrogens is 1. The van der Waals surface area contributed by atoms with E-state index < -0.39 is 5.97 Å². The SMILES string of the molecule is COC(=O)c1oc2cncc(Br)c2c1N. The average molecular weight is 271 g/mol. The van der Waals surface area contributed by atoms with Crippen LogP contribution in [0, 0.1) is 0 Å². The quantitative estimate of drug-likeness (QED) is 0.802. The zero-order chi connectivity index (χ0) is 11.0. The Kier molecular flexibility index (Phi) is 2.36. The van der Waals surface area contributed by atoms with E-state index in [4.69, 9.17) is 10.2 Å². The van der Waals surface area contributed by atoms with Crippen molar-refractivity contribution in [2.75, 3.05) is 12.8 Å². The second kappa shape index (κ2) is 3.54. The Morgan fingerprint density at radius 2 is 2.33 bits per heavy atom. The van der Waals surface area contributed by atoms with Crippen LogP contribution in [0.2, 0.25) is 0 Å². The standard InChI is InChI=1S/C9H7BrN2O3/c1-14-9(13)8-7(11)6-4(10)2-12-3-5(6)15-8/h2-3H,11H2,1H3. The lowest BCUT2D eigenvalue weighted by Crippen LogP contribution is -2.02. The van der Waals surface area contributed by atoms with Gasteiger partial charge in [0.1, 0.15) is 0 Å². The van der Waals surface area contributed by atoms with Gasteiger partial charge in [0.05, 0.1) is 24.4 Å². The van der Waals surface area contributed by atoms with E-state index in [1.165, 1.54) is 13.3 Å². The summed E-state index contributed by atoms with van der Waals surface area (Å²) >= 11 is 3.28. The second-order valence-electron chi connectivity index (χ2n) is 2.83. The summed E-state index contributed by atoms with van der Waals surface area (Å²) in [6, 6.07) is 0. The lowest BCUT2D eigenvalue weighted by Gasteiger charge is -1.94. The van der Waals surface area contributed by atoms with Crippen molar-refractivity contribution in [3.8, 4) is 0 Å². The molecule has 5 nitrogen and oxygen atoms in total. The Hall–Kier alpha value is -1.56. The van der Waals surface area contributed by atoms with E-state index in [1.54, 1.807) is 6.20 Å². The molecule has 0 aromatic carbocycles. The molecule has 0 saturated carbocycles. The molecule has 15 heavy (non-hydrogen) atoms. The van der Waals surface area contributed by atoms with E-state index in [-0.39, 0.29) is 11.4 Å². The molecule has 0 saturated heterocycles. The van der Waals surface area contributed by atoms with Gasteiger partial charge in [-0.25, -0.2) is 4.79 Å². The van der Waals surface area contributed by atoms with Gasteiger partial charge < -0.3 is 14.9 Å². The third-order valence-corrected chi connectivity index (χ3v) is 2.56. The minimum absolute atomic E-state index is 0.00111. The fraction of sp³-hybridized carbons (Fsp3) is 0.111. The molecule has 2 heterocycles. The lowest BCUT2D eigenvalue weighted by molar-refractivity contribution is 0.0569. The summed E-state index contributed by atoms with van der Waals surface area (Å²) in [6.07, 6.45) is 3.07. The Bertz CT molecular complexity index is 535. The number of halogens is 1. The molecule has 2 N–H and O–H groups in total. The number of methoxy groups -OCH3 is 1. The molecular weight excluding hydrogens is 264 g/mol. The predicted molar refractivity (Wildman–Crippen MR) is 57.5 cm³/mol. The van der Waals surface area contributed by atoms with E-state index in [2.05, 4.69) is 25.7 Å². The number of fused-ring (bicyclic) bond motifs is 1. The maximum Gasteiger partial charge on any atom is 0.376 e. The summed E-state index contributed by atoms with van der Waals surface area (Å²) in [5.74, 6) is -0.600. The average Bonchev–Trinajstić information content (AvgIpc) is 2.56. The summed E-state index contributed by atoms with van der Waals surface area (Å²) in [5.41, 5.74) is 6.47. The number of carbonyl (C=O) groups is 1. The van der Waals surface area contributed by atoms with E-state index in [1.807, 2.05) is 0 Å². The zero-order valence-electron chi connectivity index (χ0n) is 7.78. The van der Waals surface area contributed by atoms with Crippen LogP contribution in [0.5, 0.6) is 0 Å². The number of nitrogen functional groups attached to an aromatic ring is 1. The van der Waals surface area contributed by atoms with Gasteiger partial charge in [-0.05, 0) is 15.9 Å². The van der Waals surface area contributed by atoms with E-state index >= 15 is 0 Å². The summed E-state index contributed by atoms with van der Waals surface area (Å²) < 4.78 is 10.5. The number of furan rings is 1. The number of hydrogen-bond donors (Lipinski definition) is 1. The normalized spacial score (nSPS) is 10.5. The fourth-order valence-corrected chi connectivity index (χ4v) is 1.81. The van der Waals surface area contributed by atoms with Crippen LogP contribution >= 0.6 is 15.9 Å². The Morgan fingerprint density at radius 1 is 1.60 bits per heavy atom. The minimum Gasteiger partial charge on any atom is -0.463 e. The first kappa shape index (κ1) is 9.97. The van der Waals surface area contributed by atoms with Crippen molar-refractivity contribution < 1.29 is 13.9 Å². The number of esters is 1. The van der Waals surface area contributed by atoms with Crippen LogP contribution in [0.25, 0.3) is 11.0 Å². The van der Waals surface area contributed by atoms with Crippen LogP contribution in [0.4, 0.5) is 5.69 Å². The molecule has 0 radical (unpaired) electrons. The van der Waals surface area contributed by atoms with Crippen molar-refractivity contribution >= 4 is 38.6 Å². The highest BCUT2D eigenvalue weighted by molar-refractivity contribution is 9.10. The molecule has 0 aliphatic heterocycles. The second-order valence-corrected chi connectivity index (χ2v) is 3.69. The van der Waals surface area contributed by atoms with Gasteiger partial charge in [0, 0.05) is 10.7 Å². The van der Waals surface area contributed by atoms with E-state index in [0.717, 1.165) is 0 Å². The monoisotopic (exact) mass is 270 g/mol. The number of anilines is 1. The molecule has 2 rings (SSSR count). The van der Waals surface area contributed by atoms with Crippen LogP contribution in [-0.2, 0) is 4.74 Å². The molecule has 0 bridgehead atoms. The third-order valence-electron chi connectivity index (χ3n) is 1.96. The zero-order valence-corrected chi connectivity index (χ0v) is 9.37. The molecule has 0 amide bonds. The Balaban J connectivity index is 2.75. The Morgan fingerprint density at radius 3 is 2.93 bits per heavy atom. The molecule has 0 aliphatic carbocycles. The molecule has 0 unspecified atom stereocenters. The molecule has 2 aromatic rings. The first-order valence-corrected chi connectivity index (χ1v) is 4.84. The summed E-state index contributed by atoms with van der Waals surface area (Å²) in [6.45, 7) is 0. The highest BCUT2D eigenvalue weighted by Gasteiger charge is 2.20. The van der Waals surface area contributed by atoms with Crippen LogP contribution < -0.4 is 5.73 Å². The maximum atomic E-state index is 11.3. The van der Waals surface area contributed by atoms with Crippen LogP contribution in [0.1, 0.15) is 10.6 Å². The topological polar surface area (TPSA) is 78.3 Å². The van der Waals surface area contributed by atoms with Crippen LogP contribution in [-0.4, -0.2) is 18.1 Å². The molecule has 0 atom stereocenters. The predicted octanol–water partition coefficient (Wildman–Crippen LogP) is 1.96. The molecular formula is C9H7BrN2O3. The highest BCUT2D eigenvalue weighted by Crippen LogP contribution is 2.33. The first-order chi connectivity index (χ1) is 7.15. The number of nitrogens with two attached hydrogens (primary N) is 1. The molecule has 78 valence electrons. The molecule has 6 heteroatoms. The van der Waals surface area contributed by atoms with Crippen molar-refractivity contribution in [2.45, 2.75) is 0 Å². The van der Waals surface area contributed by atoms with Gasteiger partial charge in [-0.1, -0.05) is 0 Å². The van der Waals surface area contributed by atoms with Gasteiger partial charge in [0.25, 0.3) is 0 Å². The molecule has 0 aliphatic rings. The molecule has 0 fully saturated rings. The van der Waals surface area contributed by atoms with Gasteiger partial charge in [0.15, 0.2) is 5.58 Å². The third kappa shape index (κ3) is 1.46. The van der Waals surface area contributed by atoms with Crippen molar-refractivity contribution in [1.82, 2.24) is 4.98 Å². The molecule has 0 spiro atoms. The van der Waals surface area contributed by atoms with E-state index in [0.29, 0.717) is 15.4 Å². The summed E-state index contributed by atoms with van der Waals surface area (Å²) in [7, 11) is 1.27. The number of carbonyl (C=O) groups excluding carboxylic acids is 1. The van der Waals surface area contributed by atoms with Gasteiger partial charge in [-0.15, -0.1) is 0 Å². The van der Waals surface area contributed by atoms with Gasteiger partial charge >= 0.3 is 5.97 Å². The Labute approximate surface area is 93.3 Å². The smallest absolute Gasteiger partial charge is 0.376 e. The summed E-state index contributed by atoms with van der Waals surface area (Å²) in [4.78, 5) is 15.2. The minimum atomic E-state index is -0.601. The van der Waals surface area contributed by atoms with Crippen molar-refractivity contribution in [2.24, 2.45) is 0 Å². The number of hydrogen-bond acceptors (Lipinski definition) is 5. The lowest BCUT2D eigenvalue weighted by atomic mass is 10.2. The fourth-order valence-electron chi connectivity index (χ4n) is 1.28. The molecule has 2 aromatic heterocycles. The van der Waals surface area contributed by atoms with Crippen LogP contribution in [0.15, 0.2) is 21.3 Å². The van der Waals surface area contributed by atoms with E-state index in [9.17, 15) is 4.79 Å². The largest absolute Gasteiger partial charge is 0.463 e. The number of nitrogens with zero attached hydrogens (tertiary/aromatic N) is 1. The van der Waals surface area contributed by atoms with Gasteiger partial charge in [-0.2, -0.15) is 0 Å². The summed E-state index contributed by atoms with van der Waals surface area (Å²) in [5, 5.41) is 0.630. The van der Waals surface area contributed by atoms with Crippen molar-refractivity contribution in [3.05, 3.63) is 22.6 Å². The number of rotatable bonds is 1.